The molecule has 2 atom stereocenters. The van der Waals surface area contributed by atoms with Gasteiger partial charge in [-0.1, -0.05) is 53.5 Å². The SMILES string of the molecule is CC(NC(=O)NCC(c1ccccc1)N1CCc2sccc2C1)c1nc2cc(Cl)c(Cl)cc2[nH]1. The second-order valence-electron chi connectivity index (χ2n) is 8.50. The number of carbonyl (C=O) groups excluding carboxylic acids is 1. The third-order valence-corrected chi connectivity index (χ3v) is 7.96. The first kappa shape index (κ1) is 23.2. The fraction of sp³-hybridized carbons (Fsp3) is 0.280. The molecule has 5 rings (SSSR count). The van der Waals surface area contributed by atoms with Gasteiger partial charge >= 0.3 is 6.03 Å². The van der Waals surface area contributed by atoms with E-state index >= 15 is 0 Å². The van der Waals surface area contributed by atoms with E-state index in [1.807, 2.05) is 36.5 Å². The summed E-state index contributed by atoms with van der Waals surface area (Å²) in [5.74, 6) is 0.643. The van der Waals surface area contributed by atoms with E-state index in [4.69, 9.17) is 23.2 Å². The van der Waals surface area contributed by atoms with Crippen LogP contribution in [0.2, 0.25) is 10.0 Å². The third-order valence-electron chi connectivity index (χ3n) is 6.22. The molecule has 0 aliphatic carbocycles. The molecule has 0 bridgehead atoms. The summed E-state index contributed by atoms with van der Waals surface area (Å²) in [5.41, 5.74) is 4.07. The van der Waals surface area contributed by atoms with Gasteiger partial charge in [-0.05, 0) is 48.1 Å². The van der Waals surface area contributed by atoms with Crippen molar-refractivity contribution in [1.82, 2.24) is 25.5 Å². The Balaban J connectivity index is 1.25. The number of thiophene rings is 1. The minimum atomic E-state index is -0.316. The molecular weight excluding hydrogens is 489 g/mol. The molecule has 2 unspecified atom stereocenters. The lowest BCUT2D eigenvalue weighted by molar-refractivity contribution is 0.175. The van der Waals surface area contributed by atoms with E-state index < -0.39 is 0 Å². The highest BCUT2D eigenvalue weighted by atomic mass is 35.5. The zero-order valence-electron chi connectivity index (χ0n) is 18.6. The zero-order chi connectivity index (χ0) is 23.7. The monoisotopic (exact) mass is 513 g/mol. The minimum absolute atomic E-state index is 0.0887. The van der Waals surface area contributed by atoms with E-state index in [9.17, 15) is 4.79 Å². The zero-order valence-corrected chi connectivity index (χ0v) is 21.0. The number of hydrogen-bond donors (Lipinski definition) is 3. The average molecular weight is 514 g/mol. The Kier molecular flexibility index (Phi) is 6.79. The lowest BCUT2D eigenvalue weighted by atomic mass is 10.0. The molecule has 6 nitrogen and oxygen atoms in total. The van der Waals surface area contributed by atoms with E-state index in [1.165, 1.54) is 16.0 Å². The number of imidazole rings is 1. The molecule has 0 spiro atoms. The number of rotatable bonds is 6. The van der Waals surface area contributed by atoms with Crippen LogP contribution >= 0.6 is 34.5 Å². The number of nitrogens with one attached hydrogen (secondary N) is 3. The van der Waals surface area contributed by atoms with Crippen LogP contribution in [0.25, 0.3) is 11.0 Å². The summed E-state index contributed by atoms with van der Waals surface area (Å²) in [6, 6.07) is 15.6. The van der Waals surface area contributed by atoms with E-state index in [1.54, 1.807) is 12.1 Å². The van der Waals surface area contributed by atoms with Gasteiger partial charge in [0.2, 0.25) is 0 Å². The first-order valence-electron chi connectivity index (χ1n) is 11.2. The molecule has 1 aliphatic heterocycles. The van der Waals surface area contributed by atoms with Crippen LogP contribution in [0.15, 0.2) is 53.9 Å². The standard InChI is InChI=1S/C25H25Cl2N5OS/c1-15(24-30-20-11-18(26)19(27)12-21(20)31-24)29-25(33)28-13-22(16-5-3-2-4-6-16)32-9-7-23-17(14-32)8-10-34-23/h2-6,8,10-12,15,22H,7,9,13-14H2,1H3,(H,30,31)(H2,28,29,33). The molecule has 9 heteroatoms. The van der Waals surface area contributed by atoms with Crippen molar-refractivity contribution in [2.24, 2.45) is 0 Å². The first-order chi connectivity index (χ1) is 16.5. The largest absolute Gasteiger partial charge is 0.340 e. The molecule has 3 N–H and O–H groups in total. The topological polar surface area (TPSA) is 73.1 Å². The highest BCUT2D eigenvalue weighted by Gasteiger charge is 2.26. The fourth-order valence-corrected chi connectivity index (χ4v) is 5.62. The van der Waals surface area contributed by atoms with Crippen LogP contribution in [0, 0.1) is 0 Å². The normalized spacial score (nSPS) is 15.6. The molecule has 3 heterocycles. The number of H-pyrrole nitrogens is 1. The van der Waals surface area contributed by atoms with Crippen molar-refractivity contribution >= 4 is 51.6 Å². The van der Waals surface area contributed by atoms with Crippen LogP contribution < -0.4 is 10.6 Å². The van der Waals surface area contributed by atoms with Gasteiger partial charge in [0.05, 0.1) is 33.2 Å². The molecule has 176 valence electrons. The summed E-state index contributed by atoms with van der Waals surface area (Å²) in [7, 11) is 0. The molecule has 4 aromatic rings. The van der Waals surface area contributed by atoms with E-state index in [0.29, 0.717) is 27.9 Å². The van der Waals surface area contributed by atoms with Crippen molar-refractivity contribution in [3.05, 3.63) is 85.8 Å². The average Bonchev–Trinajstić information content (AvgIpc) is 3.47. The van der Waals surface area contributed by atoms with E-state index in [2.05, 4.69) is 49.1 Å². The van der Waals surface area contributed by atoms with Gasteiger partial charge in [-0.2, -0.15) is 0 Å². The van der Waals surface area contributed by atoms with Crippen LogP contribution in [-0.4, -0.2) is 34.0 Å². The number of aromatic amines is 1. The summed E-state index contributed by atoms with van der Waals surface area (Å²) in [6.07, 6.45) is 1.04. The lowest BCUT2D eigenvalue weighted by Crippen LogP contribution is -2.44. The number of carbonyl (C=O) groups is 1. The van der Waals surface area contributed by atoms with Crippen molar-refractivity contribution in [1.29, 1.82) is 0 Å². The molecule has 2 amide bonds. The quantitative estimate of drug-likeness (QED) is 0.292. The Morgan fingerprint density at radius 1 is 1.21 bits per heavy atom. The maximum Gasteiger partial charge on any atom is 0.315 e. The minimum Gasteiger partial charge on any atom is -0.340 e. The Hall–Kier alpha value is -2.58. The predicted molar refractivity (Wildman–Crippen MR) is 139 cm³/mol. The molecule has 0 fully saturated rings. The number of urea groups is 1. The smallest absolute Gasteiger partial charge is 0.315 e. The van der Waals surface area contributed by atoms with Crippen LogP contribution in [0.1, 0.15) is 40.8 Å². The van der Waals surface area contributed by atoms with E-state index in [-0.39, 0.29) is 18.1 Å². The number of halogens is 2. The van der Waals surface area contributed by atoms with Crippen molar-refractivity contribution in [3.8, 4) is 0 Å². The van der Waals surface area contributed by atoms with Gasteiger partial charge in [0.25, 0.3) is 0 Å². The fourth-order valence-electron chi connectivity index (χ4n) is 4.40. The van der Waals surface area contributed by atoms with Crippen LogP contribution in [-0.2, 0) is 13.0 Å². The molecule has 1 aliphatic rings. The number of fused-ring (bicyclic) bond motifs is 2. The molecule has 2 aromatic heterocycles. The second kappa shape index (κ2) is 9.96. The third kappa shape index (κ3) is 4.93. The summed E-state index contributed by atoms with van der Waals surface area (Å²) in [5, 5.41) is 9.13. The Morgan fingerprint density at radius 2 is 2.00 bits per heavy atom. The maximum absolute atomic E-state index is 12.8. The van der Waals surface area contributed by atoms with Crippen molar-refractivity contribution < 1.29 is 4.79 Å². The van der Waals surface area contributed by atoms with Gasteiger partial charge in [-0.3, -0.25) is 4.90 Å². The second-order valence-corrected chi connectivity index (χ2v) is 10.3. The van der Waals surface area contributed by atoms with Gasteiger partial charge in [0.1, 0.15) is 5.82 Å². The van der Waals surface area contributed by atoms with Crippen LogP contribution in [0.5, 0.6) is 0 Å². The summed E-state index contributed by atoms with van der Waals surface area (Å²) in [4.78, 5) is 24.5. The maximum atomic E-state index is 12.8. The summed E-state index contributed by atoms with van der Waals surface area (Å²) < 4.78 is 0. The van der Waals surface area contributed by atoms with Gasteiger partial charge in [0.15, 0.2) is 0 Å². The highest BCUT2D eigenvalue weighted by Crippen LogP contribution is 2.30. The number of benzene rings is 2. The van der Waals surface area contributed by atoms with Crippen molar-refractivity contribution in [2.45, 2.75) is 32.0 Å². The lowest BCUT2D eigenvalue weighted by Gasteiger charge is -2.35. The van der Waals surface area contributed by atoms with Gasteiger partial charge in [0, 0.05) is 24.5 Å². The summed E-state index contributed by atoms with van der Waals surface area (Å²) >= 11 is 14.0. The first-order valence-corrected chi connectivity index (χ1v) is 12.8. The molecule has 0 radical (unpaired) electrons. The molecule has 0 saturated carbocycles. The number of hydrogen-bond acceptors (Lipinski definition) is 4. The predicted octanol–water partition coefficient (Wildman–Crippen LogP) is 6.09. The van der Waals surface area contributed by atoms with Gasteiger partial charge < -0.3 is 15.6 Å². The van der Waals surface area contributed by atoms with Crippen molar-refractivity contribution in [3.63, 3.8) is 0 Å². The van der Waals surface area contributed by atoms with Crippen LogP contribution in [0.3, 0.4) is 0 Å². The number of amides is 2. The van der Waals surface area contributed by atoms with Crippen LogP contribution in [0.4, 0.5) is 4.79 Å². The Morgan fingerprint density at radius 3 is 2.82 bits per heavy atom. The van der Waals surface area contributed by atoms with Gasteiger partial charge in [-0.15, -0.1) is 11.3 Å². The van der Waals surface area contributed by atoms with Crippen molar-refractivity contribution in [2.75, 3.05) is 13.1 Å². The van der Waals surface area contributed by atoms with Gasteiger partial charge in [-0.25, -0.2) is 9.78 Å². The Bertz CT molecular complexity index is 1270. The molecular formula is C25H25Cl2N5OS. The molecule has 34 heavy (non-hydrogen) atoms. The molecule has 0 saturated heterocycles. The number of aromatic nitrogens is 2. The number of nitrogens with zero attached hydrogens (tertiary/aromatic N) is 2. The summed E-state index contributed by atoms with van der Waals surface area (Å²) in [6.45, 7) is 4.25. The Labute approximate surface area is 212 Å². The highest BCUT2D eigenvalue weighted by molar-refractivity contribution is 7.10. The molecule has 2 aromatic carbocycles. The van der Waals surface area contributed by atoms with E-state index in [0.717, 1.165) is 25.0 Å².